The van der Waals surface area contributed by atoms with E-state index < -0.39 is 11.8 Å². The fourth-order valence-electron chi connectivity index (χ4n) is 2.66. The lowest BCUT2D eigenvalue weighted by atomic mass is 9.93. The standard InChI is InChI=1S/C15H19FN2O3/c16-12-8-11(4-5-13(12)17)15(21)18-7-1-2-10(9-18)3-6-14(19)20/h4-5,8,10H,1-3,6-7,9,17H2,(H,19,20). The number of hydrogen-bond acceptors (Lipinski definition) is 3. The van der Waals surface area contributed by atoms with Gasteiger partial charge >= 0.3 is 5.97 Å². The van der Waals surface area contributed by atoms with E-state index in [0.29, 0.717) is 19.5 Å². The summed E-state index contributed by atoms with van der Waals surface area (Å²) >= 11 is 0. The van der Waals surface area contributed by atoms with Crippen LogP contribution in [0, 0.1) is 11.7 Å². The quantitative estimate of drug-likeness (QED) is 0.833. The summed E-state index contributed by atoms with van der Waals surface area (Å²) in [5.41, 5.74) is 5.70. The van der Waals surface area contributed by atoms with Gasteiger partial charge in [0, 0.05) is 25.1 Å². The van der Waals surface area contributed by atoms with Gasteiger partial charge in [0.25, 0.3) is 5.91 Å². The van der Waals surface area contributed by atoms with Crippen LogP contribution >= 0.6 is 0 Å². The van der Waals surface area contributed by atoms with E-state index in [9.17, 15) is 14.0 Å². The number of amides is 1. The highest BCUT2D eigenvalue weighted by molar-refractivity contribution is 5.94. The Kier molecular flexibility index (Phi) is 4.77. The molecule has 0 saturated carbocycles. The zero-order valence-electron chi connectivity index (χ0n) is 11.7. The molecule has 1 aromatic carbocycles. The number of carboxylic acids is 1. The Morgan fingerprint density at radius 1 is 1.43 bits per heavy atom. The summed E-state index contributed by atoms with van der Waals surface area (Å²) in [7, 11) is 0. The van der Waals surface area contributed by atoms with Crippen LogP contribution in [-0.2, 0) is 4.79 Å². The Morgan fingerprint density at radius 3 is 2.86 bits per heavy atom. The molecule has 0 aromatic heterocycles. The minimum Gasteiger partial charge on any atom is -0.481 e. The first-order valence-corrected chi connectivity index (χ1v) is 7.03. The van der Waals surface area contributed by atoms with Crippen LogP contribution in [0.25, 0.3) is 0 Å². The Morgan fingerprint density at radius 2 is 2.19 bits per heavy atom. The number of rotatable bonds is 4. The average molecular weight is 294 g/mol. The van der Waals surface area contributed by atoms with Gasteiger partial charge < -0.3 is 15.7 Å². The topological polar surface area (TPSA) is 83.6 Å². The highest BCUT2D eigenvalue weighted by atomic mass is 19.1. The maximum absolute atomic E-state index is 13.4. The molecule has 3 N–H and O–H groups in total. The van der Waals surface area contributed by atoms with Gasteiger partial charge in [0.2, 0.25) is 0 Å². The van der Waals surface area contributed by atoms with E-state index in [1.807, 2.05) is 0 Å². The maximum atomic E-state index is 13.4. The number of carbonyl (C=O) groups is 2. The lowest BCUT2D eigenvalue weighted by Gasteiger charge is -2.32. The SMILES string of the molecule is Nc1ccc(C(=O)N2CCCC(CCC(=O)O)C2)cc1F. The average Bonchev–Trinajstić information content (AvgIpc) is 2.47. The third-order valence-electron chi connectivity index (χ3n) is 3.82. The minimum absolute atomic E-state index is 0.0181. The van der Waals surface area contributed by atoms with Gasteiger partial charge in [-0.1, -0.05) is 0 Å². The van der Waals surface area contributed by atoms with E-state index >= 15 is 0 Å². The summed E-state index contributed by atoms with van der Waals surface area (Å²) < 4.78 is 13.4. The van der Waals surface area contributed by atoms with Crippen molar-refractivity contribution >= 4 is 17.6 Å². The van der Waals surface area contributed by atoms with Crippen LogP contribution in [0.5, 0.6) is 0 Å². The van der Waals surface area contributed by atoms with Crippen molar-refractivity contribution in [2.24, 2.45) is 5.92 Å². The molecule has 1 aliphatic heterocycles. The molecule has 21 heavy (non-hydrogen) atoms. The van der Waals surface area contributed by atoms with Crippen molar-refractivity contribution in [2.45, 2.75) is 25.7 Å². The van der Waals surface area contributed by atoms with E-state index in [1.54, 1.807) is 4.90 Å². The summed E-state index contributed by atoms with van der Waals surface area (Å²) in [5, 5.41) is 8.72. The van der Waals surface area contributed by atoms with Crippen LogP contribution in [0.1, 0.15) is 36.0 Å². The molecule has 2 rings (SSSR count). The largest absolute Gasteiger partial charge is 0.481 e. The number of carboxylic acid groups (broad SMARTS) is 1. The molecule has 114 valence electrons. The van der Waals surface area contributed by atoms with Crippen molar-refractivity contribution in [3.63, 3.8) is 0 Å². The Balaban J connectivity index is 2.01. The number of aliphatic carboxylic acids is 1. The summed E-state index contributed by atoms with van der Waals surface area (Å²) in [6.45, 7) is 1.15. The first-order chi connectivity index (χ1) is 9.97. The van der Waals surface area contributed by atoms with Gasteiger partial charge in [0.05, 0.1) is 5.69 Å². The number of halogens is 1. The number of piperidine rings is 1. The fourth-order valence-corrected chi connectivity index (χ4v) is 2.66. The summed E-state index contributed by atoms with van der Waals surface area (Å²) in [6.07, 6.45) is 2.44. The molecule has 1 unspecified atom stereocenters. The molecule has 1 fully saturated rings. The summed E-state index contributed by atoms with van der Waals surface area (Å²) in [4.78, 5) is 24.6. The molecule has 1 aliphatic rings. The number of hydrogen-bond donors (Lipinski definition) is 2. The van der Waals surface area contributed by atoms with Crippen molar-refractivity contribution in [2.75, 3.05) is 18.8 Å². The third kappa shape index (κ3) is 3.93. The van der Waals surface area contributed by atoms with Gasteiger partial charge in [0.15, 0.2) is 0 Å². The van der Waals surface area contributed by atoms with Gasteiger partial charge in [-0.25, -0.2) is 4.39 Å². The molecule has 1 heterocycles. The molecular formula is C15H19FN2O3. The van der Waals surface area contributed by atoms with Gasteiger partial charge in [-0.3, -0.25) is 9.59 Å². The van der Waals surface area contributed by atoms with Crippen molar-refractivity contribution in [3.8, 4) is 0 Å². The predicted octanol–water partition coefficient (Wildman–Crippen LogP) is 2.12. The maximum Gasteiger partial charge on any atom is 0.303 e. The number of likely N-dealkylation sites (tertiary alicyclic amines) is 1. The second-order valence-corrected chi connectivity index (χ2v) is 5.43. The van der Waals surface area contributed by atoms with Crippen molar-refractivity contribution in [1.82, 2.24) is 4.90 Å². The van der Waals surface area contributed by atoms with Gasteiger partial charge in [0.1, 0.15) is 5.82 Å². The van der Waals surface area contributed by atoms with Crippen molar-refractivity contribution in [1.29, 1.82) is 0 Å². The van der Waals surface area contributed by atoms with Crippen LogP contribution in [0.4, 0.5) is 10.1 Å². The predicted molar refractivity (Wildman–Crippen MR) is 76.3 cm³/mol. The second kappa shape index (κ2) is 6.56. The first-order valence-electron chi connectivity index (χ1n) is 7.03. The number of carbonyl (C=O) groups excluding carboxylic acids is 1. The van der Waals surface area contributed by atoms with Crippen LogP contribution in [0.15, 0.2) is 18.2 Å². The number of anilines is 1. The summed E-state index contributed by atoms with van der Waals surface area (Å²) in [5.74, 6) is -1.45. The zero-order chi connectivity index (χ0) is 15.4. The van der Waals surface area contributed by atoms with Crippen LogP contribution < -0.4 is 5.73 Å². The van der Waals surface area contributed by atoms with E-state index in [-0.39, 0.29) is 29.5 Å². The van der Waals surface area contributed by atoms with Crippen LogP contribution in [0.3, 0.4) is 0 Å². The smallest absolute Gasteiger partial charge is 0.303 e. The zero-order valence-corrected chi connectivity index (χ0v) is 11.7. The third-order valence-corrected chi connectivity index (χ3v) is 3.82. The number of nitrogen functional groups attached to an aromatic ring is 1. The van der Waals surface area contributed by atoms with Gasteiger partial charge in [-0.2, -0.15) is 0 Å². The minimum atomic E-state index is -0.820. The molecule has 0 bridgehead atoms. The molecule has 1 saturated heterocycles. The molecule has 6 heteroatoms. The number of nitrogens with two attached hydrogens (primary N) is 1. The monoisotopic (exact) mass is 294 g/mol. The van der Waals surface area contributed by atoms with Crippen molar-refractivity contribution < 1.29 is 19.1 Å². The second-order valence-electron chi connectivity index (χ2n) is 5.43. The fraction of sp³-hybridized carbons (Fsp3) is 0.467. The molecule has 5 nitrogen and oxygen atoms in total. The molecule has 1 aromatic rings. The molecular weight excluding hydrogens is 275 g/mol. The molecule has 0 radical (unpaired) electrons. The van der Waals surface area contributed by atoms with E-state index in [4.69, 9.17) is 10.8 Å². The molecule has 1 amide bonds. The molecule has 0 aliphatic carbocycles. The van der Waals surface area contributed by atoms with E-state index in [1.165, 1.54) is 12.1 Å². The Bertz CT molecular complexity index is 548. The molecule has 0 spiro atoms. The van der Waals surface area contributed by atoms with Crippen LogP contribution in [-0.4, -0.2) is 35.0 Å². The number of nitrogens with zero attached hydrogens (tertiary/aromatic N) is 1. The van der Waals surface area contributed by atoms with Gasteiger partial charge in [-0.15, -0.1) is 0 Å². The highest BCUT2D eigenvalue weighted by Crippen LogP contribution is 2.23. The highest BCUT2D eigenvalue weighted by Gasteiger charge is 2.25. The molecule has 1 atom stereocenters. The van der Waals surface area contributed by atoms with E-state index in [0.717, 1.165) is 18.9 Å². The lowest BCUT2D eigenvalue weighted by Crippen LogP contribution is -2.40. The van der Waals surface area contributed by atoms with Gasteiger partial charge in [-0.05, 0) is 43.4 Å². The normalized spacial score (nSPS) is 18.5. The number of benzene rings is 1. The Hall–Kier alpha value is -2.11. The van der Waals surface area contributed by atoms with Crippen LogP contribution in [0.2, 0.25) is 0 Å². The Labute approximate surface area is 122 Å². The van der Waals surface area contributed by atoms with E-state index in [2.05, 4.69) is 0 Å². The summed E-state index contributed by atoms with van der Waals surface area (Å²) in [6, 6.07) is 4.05. The first kappa shape index (κ1) is 15.3. The lowest BCUT2D eigenvalue weighted by molar-refractivity contribution is -0.137. The van der Waals surface area contributed by atoms with Crippen molar-refractivity contribution in [3.05, 3.63) is 29.6 Å².